The lowest BCUT2D eigenvalue weighted by Gasteiger charge is -2.39. The van der Waals surface area contributed by atoms with Crippen molar-refractivity contribution in [2.75, 3.05) is 17.3 Å². The van der Waals surface area contributed by atoms with Gasteiger partial charge in [0.25, 0.3) is 0 Å². The normalized spacial score (nSPS) is 23.8. The summed E-state index contributed by atoms with van der Waals surface area (Å²) in [7, 11) is 1.56. The number of allylic oxidation sites excluding steroid dienone is 1. The maximum Gasteiger partial charge on any atom is 0.238 e. The van der Waals surface area contributed by atoms with Crippen molar-refractivity contribution in [2.45, 2.75) is 24.4 Å². The monoisotopic (exact) mass is 540 g/mol. The van der Waals surface area contributed by atoms with Gasteiger partial charge in [-0.05, 0) is 42.3 Å². The Morgan fingerprint density at radius 1 is 0.829 bits per heavy atom. The van der Waals surface area contributed by atoms with Crippen molar-refractivity contribution in [3.8, 4) is 5.75 Å². The van der Waals surface area contributed by atoms with Crippen molar-refractivity contribution in [3.63, 3.8) is 0 Å². The molecule has 6 heteroatoms. The number of carbonyl (C=O) groups is 3. The zero-order chi connectivity index (χ0) is 28.3. The van der Waals surface area contributed by atoms with E-state index in [1.54, 1.807) is 43.5 Å². The molecule has 1 amide bonds. The molecule has 0 aliphatic carbocycles. The smallest absolute Gasteiger partial charge is 0.238 e. The molecule has 202 valence electrons. The van der Waals surface area contributed by atoms with Gasteiger partial charge in [-0.3, -0.25) is 14.4 Å². The van der Waals surface area contributed by atoms with Gasteiger partial charge in [-0.2, -0.15) is 0 Å². The molecule has 0 bridgehead atoms. The van der Waals surface area contributed by atoms with E-state index in [1.165, 1.54) is 0 Å². The number of Topliss-reactive ketones (excluding diaryl/α,β-unsaturated/α-hetero) is 2. The van der Waals surface area contributed by atoms with Crippen molar-refractivity contribution in [1.29, 1.82) is 0 Å². The van der Waals surface area contributed by atoms with Crippen LogP contribution < -0.4 is 15.0 Å². The van der Waals surface area contributed by atoms with Gasteiger partial charge in [0.1, 0.15) is 17.2 Å². The Morgan fingerprint density at radius 2 is 1.54 bits per heavy atom. The number of carbonyl (C=O) groups excluding carboxylic acids is 3. The highest BCUT2D eigenvalue weighted by atomic mass is 16.5. The molecule has 4 aromatic rings. The van der Waals surface area contributed by atoms with E-state index in [9.17, 15) is 14.4 Å². The number of fused-ring (bicyclic) bond motifs is 6. The predicted octanol–water partition coefficient (Wildman–Crippen LogP) is 5.94. The molecule has 3 heterocycles. The van der Waals surface area contributed by atoms with E-state index in [0.717, 1.165) is 22.4 Å². The van der Waals surface area contributed by atoms with Gasteiger partial charge in [0.15, 0.2) is 11.6 Å². The number of anilines is 2. The summed E-state index contributed by atoms with van der Waals surface area (Å²) in [5.41, 5.74) is 3.76. The molecule has 4 atom stereocenters. The molecule has 1 N–H and O–H groups in total. The van der Waals surface area contributed by atoms with Gasteiger partial charge in [0.05, 0.1) is 19.1 Å². The van der Waals surface area contributed by atoms with Crippen LogP contribution in [0.4, 0.5) is 11.4 Å². The Bertz CT molecular complexity index is 1760. The van der Waals surface area contributed by atoms with Crippen molar-refractivity contribution in [2.24, 2.45) is 5.92 Å². The summed E-state index contributed by atoms with van der Waals surface area (Å²) >= 11 is 0. The molecular formula is C35H28N2O4. The zero-order valence-electron chi connectivity index (χ0n) is 22.7. The minimum atomic E-state index is -1.34. The first-order chi connectivity index (χ1) is 20.0. The van der Waals surface area contributed by atoms with E-state index in [1.807, 2.05) is 78.6 Å². The maximum absolute atomic E-state index is 14.8. The second-order valence-corrected chi connectivity index (χ2v) is 10.8. The van der Waals surface area contributed by atoms with Crippen molar-refractivity contribution in [3.05, 3.63) is 131 Å². The van der Waals surface area contributed by atoms with Gasteiger partial charge in [-0.15, -0.1) is 0 Å². The van der Waals surface area contributed by atoms with Crippen LogP contribution in [0.1, 0.15) is 38.8 Å². The first kappa shape index (κ1) is 25.0. The number of para-hydroxylation sites is 2. The lowest BCUT2D eigenvalue weighted by Crippen LogP contribution is -2.51. The first-order valence-electron chi connectivity index (χ1n) is 13.7. The second-order valence-electron chi connectivity index (χ2n) is 10.8. The molecule has 1 fully saturated rings. The molecule has 7 rings (SSSR count). The Labute approximate surface area is 238 Å². The number of benzene rings is 4. The molecule has 41 heavy (non-hydrogen) atoms. The molecule has 3 aliphatic heterocycles. The summed E-state index contributed by atoms with van der Waals surface area (Å²) in [6.07, 6.45) is 2.06. The SMILES string of the molecule is COc1cccc(C(=O)C2C(C(=O)c3ccccc3)C3(C(=O)Nc4ccccc43)C3C=C(C)c4ccccc4N23)c1. The zero-order valence-corrected chi connectivity index (χ0v) is 22.7. The van der Waals surface area contributed by atoms with Gasteiger partial charge in [0.2, 0.25) is 5.91 Å². The minimum absolute atomic E-state index is 0.236. The van der Waals surface area contributed by atoms with E-state index < -0.39 is 23.4 Å². The largest absolute Gasteiger partial charge is 0.497 e. The van der Waals surface area contributed by atoms with Gasteiger partial charge in [-0.25, -0.2) is 0 Å². The van der Waals surface area contributed by atoms with E-state index in [0.29, 0.717) is 22.6 Å². The van der Waals surface area contributed by atoms with E-state index in [4.69, 9.17) is 4.74 Å². The lowest BCUT2D eigenvalue weighted by atomic mass is 9.64. The average molecular weight is 541 g/mol. The number of nitrogens with one attached hydrogen (secondary N) is 1. The molecule has 6 nitrogen and oxygen atoms in total. The summed E-state index contributed by atoms with van der Waals surface area (Å²) in [5, 5.41) is 3.08. The third-order valence-corrected chi connectivity index (χ3v) is 8.85. The second kappa shape index (κ2) is 9.30. The average Bonchev–Trinajstić information content (AvgIpc) is 3.49. The number of rotatable bonds is 5. The molecule has 1 saturated heterocycles. The topological polar surface area (TPSA) is 75.7 Å². The predicted molar refractivity (Wildman–Crippen MR) is 158 cm³/mol. The highest BCUT2D eigenvalue weighted by Crippen LogP contribution is 2.58. The van der Waals surface area contributed by atoms with Gasteiger partial charge >= 0.3 is 0 Å². The lowest BCUT2D eigenvalue weighted by molar-refractivity contribution is -0.121. The van der Waals surface area contributed by atoms with E-state index in [-0.39, 0.29) is 17.5 Å². The molecule has 3 aliphatic rings. The summed E-state index contributed by atoms with van der Waals surface area (Å²) in [4.78, 5) is 46.0. The molecule has 4 aromatic carbocycles. The van der Waals surface area contributed by atoms with Crippen LogP contribution >= 0.6 is 0 Å². The van der Waals surface area contributed by atoms with Crippen LogP contribution in [0, 0.1) is 5.92 Å². The Balaban J connectivity index is 1.55. The Morgan fingerprint density at radius 3 is 2.34 bits per heavy atom. The van der Waals surface area contributed by atoms with Gasteiger partial charge in [0, 0.05) is 28.1 Å². The molecule has 1 spiro atoms. The van der Waals surface area contributed by atoms with E-state index in [2.05, 4.69) is 11.4 Å². The third kappa shape index (κ3) is 3.46. The van der Waals surface area contributed by atoms with Crippen molar-refractivity contribution in [1.82, 2.24) is 0 Å². The fourth-order valence-electron chi connectivity index (χ4n) is 7.12. The first-order valence-corrected chi connectivity index (χ1v) is 13.7. The molecule has 0 radical (unpaired) electrons. The van der Waals surface area contributed by atoms with Crippen LogP contribution in [0.15, 0.2) is 109 Å². The molecule has 0 aromatic heterocycles. The quantitative estimate of drug-likeness (QED) is 0.317. The summed E-state index contributed by atoms with van der Waals surface area (Å²) in [5.74, 6) is -1.21. The number of hydrogen-bond acceptors (Lipinski definition) is 5. The minimum Gasteiger partial charge on any atom is -0.497 e. The van der Waals surface area contributed by atoms with Crippen LogP contribution in [0.25, 0.3) is 5.57 Å². The summed E-state index contributed by atoms with van der Waals surface area (Å²) in [6.45, 7) is 2.02. The van der Waals surface area contributed by atoms with Crippen LogP contribution in [-0.4, -0.2) is 36.7 Å². The Kier molecular flexibility index (Phi) is 5.68. The van der Waals surface area contributed by atoms with Gasteiger partial charge < -0.3 is 15.0 Å². The molecule has 0 saturated carbocycles. The summed E-state index contributed by atoms with van der Waals surface area (Å²) < 4.78 is 5.44. The van der Waals surface area contributed by atoms with Crippen molar-refractivity contribution < 1.29 is 19.1 Å². The third-order valence-electron chi connectivity index (χ3n) is 8.85. The number of hydrogen-bond donors (Lipinski definition) is 1. The fourth-order valence-corrected chi connectivity index (χ4v) is 7.12. The number of ether oxygens (including phenoxy) is 1. The fraction of sp³-hybridized carbons (Fsp3) is 0.171. The highest BCUT2D eigenvalue weighted by molar-refractivity contribution is 6.18. The summed E-state index contributed by atoms with van der Waals surface area (Å²) in [6, 6.07) is 29.9. The number of amides is 1. The van der Waals surface area contributed by atoms with Crippen LogP contribution in [0.3, 0.4) is 0 Å². The molecule has 4 unspecified atom stereocenters. The standard InChI is InChI=1S/C35H28N2O4/c1-21-19-29-35(26-16-7-8-17-27(26)36-34(35)40)30(32(38)22-11-4-3-5-12-22)31(37(29)28-18-9-6-15-25(21)28)33(39)23-13-10-14-24(20-23)41-2/h3-20,29-31H,1-2H3,(H,36,40). The van der Waals surface area contributed by atoms with Crippen molar-refractivity contribution >= 4 is 34.4 Å². The number of nitrogens with zero attached hydrogens (tertiary/aromatic N) is 1. The Hall–Kier alpha value is -4.97. The van der Waals surface area contributed by atoms with Crippen LogP contribution in [0.5, 0.6) is 5.75 Å². The highest BCUT2D eigenvalue weighted by Gasteiger charge is 2.70. The number of methoxy groups -OCH3 is 1. The number of ketones is 2. The van der Waals surface area contributed by atoms with Crippen LogP contribution in [-0.2, 0) is 10.2 Å². The van der Waals surface area contributed by atoms with E-state index >= 15 is 0 Å². The van der Waals surface area contributed by atoms with Gasteiger partial charge in [-0.1, -0.05) is 84.9 Å². The van der Waals surface area contributed by atoms with Crippen LogP contribution in [0.2, 0.25) is 0 Å². The maximum atomic E-state index is 14.8. The molecular weight excluding hydrogens is 512 g/mol.